The van der Waals surface area contributed by atoms with E-state index in [-0.39, 0.29) is 0 Å². The van der Waals surface area contributed by atoms with Crippen LogP contribution in [0.3, 0.4) is 0 Å². The number of hydrogen-bond acceptors (Lipinski definition) is 6. The smallest absolute Gasteiger partial charge is 0.119 e. The molecule has 2 rings (SSSR count). The van der Waals surface area contributed by atoms with Crippen LogP contribution >= 0.6 is 0 Å². The predicted octanol–water partition coefficient (Wildman–Crippen LogP) is 1.38. The number of ether oxygens (including phenoxy) is 2. The van der Waals surface area contributed by atoms with E-state index in [0.717, 1.165) is 59.4 Å². The van der Waals surface area contributed by atoms with Crippen LogP contribution in [-0.4, -0.2) is 40.4 Å². The van der Waals surface area contributed by atoms with Gasteiger partial charge in [-0.3, -0.25) is 0 Å². The lowest BCUT2D eigenvalue weighted by atomic mass is 9.84. The van der Waals surface area contributed by atoms with Crippen molar-refractivity contribution in [3.05, 3.63) is 46.5 Å². The Kier molecular flexibility index (Phi) is 8.73. The molecule has 2 aromatic carbocycles. The minimum absolute atomic E-state index is 0.552. The molecule has 0 amide bonds. The van der Waals surface area contributed by atoms with E-state index in [0.29, 0.717) is 26.2 Å². The van der Waals surface area contributed by atoms with Gasteiger partial charge in [0.2, 0.25) is 0 Å². The lowest BCUT2D eigenvalue weighted by molar-refractivity contribution is 0.413. The molecule has 28 heavy (non-hydrogen) atoms. The molecule has 0 saturated carbocycles. The van der Waals surface area contributed by atoms with Gasteiger partial charge in [-0.2, -0.15) is 0 Å². The second-order valence-corrected chi connectivity index (χ2v) is 6.80. The normalized spacial score (nSPS) is 10.9. The van der Waals surface area contributed by atoms with Crippen LogP contribution in [0.2, 0.25) is 0 Å². The van der Waals surface area contributed by atoms with Gasteiger partial charge in [-0.05, 0) is 110 Å². The van der Waals surface area contributed by atoms with Crippen molar-refractivity contribution < 1.29 is 9.47 Å². The SMILES string of the molecule is COc1cc(CCN)c(-c2c(CCN)cc(OC)cc2CCN)c(CCN)c1. The number of rotatable bonds is 11. The molecule has 0 aliphatic heterocycles. The van der Waals surface area contributed by atoms with Crippen LogP contribution in [-0.2, 0) is 25.7 Å². The predicted molar refractivity (Wildman–Crippen MR) is 116 cm³/mol. The highest BCUT2D eigenvalue weighted by Crippen LogP contribution is 2.39. The highest BCUT2D eigenvalue weighted by atomic mass is 16.5. The lowest BCUT2D eigenvalue weighted by Crippen LogP contribution is -2.13. The molecule has 2 aromatic rings. The molecule has 0 atom stereocenters. The molecule has 0 radical (unpaired) electrons. The average molecular weight is 387 g/mol. The van der Waals surface area contributed by atoms with Crippen molar-refractivity contribution >= 4 is 0 Å². The van der Waals surface area contributed by atoms with Gasteiger partial charge in [0.15, 0.2) is 0 Å². The Morgan fingerprint density at radius 3 is 0.964 bits per heavy atom. The summed E-state index contributed by atoms with van der Waals surface area (Å²) in [5.41, 5.74) is 30.8. The maximum atomic E-state index is 5.94. The Hall–Kier alpha value is -2.12. The maximum Gasteiger partial charge on any atom is 0.119 e. The standard InChI is InChI=1S/C22H34N4O2/c1-27-19-11-15(3-7-23)21(16(12-19)4-8-24)22-17(5-9-25)13-20(28-2)14-18(22)6-10-26/h11-14H,3-10,23-26H2,1-2H3. The molecular weight excluding hydrogens is 352 g/mol. The zero-order valence-corrected chi connectivity index (χ0v) is 17.1. The van der Waals surface area contributed by atoms with E-state index in [9.17, 15) is 0 Å². The zero-order valence-electron chi connectivity index (χ0n) is 17.1. The average Bonchev–Trinajstić information content (AvgIpc) is 2.69. The fraction of sp³-hybridized carbons (Fsp3) is 0.455. The number of benzene rings is 2. The molecule has 0 saturated heterocycles. The van der Waals surface area contributed by atoms with Gasteiger partial charge in [-0.1, -0.05) is 0 Å². The van der Waals surface area contributed by atoms with E-state index < -0.39 is 0 Å². The quantitative estimate of drug-likeness (QED) is 0.463. The summed E-state index contributed by atoms with van der Waals surface area (Å²) < 4.78 is 11.1. The van der Waals surface area contributed by atoms with Crippen LogP contribution in [0, 0.1) is 0 Å². The highest BCUT2D eigenvalue weighted by molar-refractivity contribution is 5.79. The third-order valence-corrected chi connectivity index (χ3v) is 4.93. The van der Waals surface area contributed by atoms with Gasteiger partial charge in [-0.25, -0.2) is 0 Å². The lowest BCUT2D eigenvalue weighted by Gasteiger charge is -2.23. The van der Waals surface area contributed by atoms with E-state index in [1.54, 1.807) is 14.2 Å². The van der Waals surface area contributed by atoms with E-state index >= 15 is 0 Å². The van der Waals surface area contributed by atoms with Gasteiger partial charge < -0.3 is 32.4 Å². The molecule has 0 unspecified atom stereocenters. The van der Waals surface area contributed by atoms with Gasteiger partial charge in [0, 0.05) is 0 Å². The molecule has 0 fully saturated rings. The van der Waals surface area contributed by atoms with E-state index in [4.69, 9.17) is 32.4 Å². The first-order chi connectivity index (χ1) is 13.6. The van der Waals surface area contributed by atoms with Gasteiger partial charge in [0.25, 0.3) is 0 Å². The maximum absolute atomic E-state index is 5.94. The van der Waals surface area contributed by atoms with Crippen molar-refractivity contribution in [1.82, 2.24) is 0 Å². The molecule has 8 N–H and O–H groups in total. The molecule has 0 aliphatic carbocycles. The van der Waals surface area contributed by atoms with Crippen LogP contribution in [0.1, 0.15) is 22.3 Å². The summed E-state index contributed by atoms with van der Waals surface area (Å²) in [6, 6.07) is 8.30. The summed E-state index contributed by atoms with van der Waals surface area (Å²) in [4.78, 5) is 0. The second kappa shape index (κ2) is 11.0. The molecule has 6 nitrogen and oxygen atoms in total. The molecule has 0 aliphatic rings. The molecule has 154 valence electrons. The van der Waals surface area contributed by atoms with Crippen LogP contribution in [0.4, 0.5) is 0 Å². The van der Waals surface area contributed by atoms with Crippen LogP contribution in [0.5, 0.6) is 11.5 Å². The van der Waals surface area contributed by atoms with Gasteiger partial charge in [0.1, 0.15) is 11.5 Å². The number of nitrogens with two attached hydrogens (primary N) is 4. The van der Waals surface area contributed by atoms with Crippen molar-refractivity contribution in [1.29, 1.82) is 0 Å². The van der Waals surface area contributed by atoms with Crippen molar-refractivity contribution in [3.8, 4) is 22.6 Å². The first-order valence-electron chi connectivity index (χ1n) is 9.83. The first-order valence-corrected chi connectivity index (χ1v) is 9.83. The highest BCUT2D eigenvalue weighted by Gasteiger charge is 2.20. The van der Waals surface area contributed by atoms with E-state index in [2.05, 4.69) is 24.3 Å². The summed E-state index contributed by atoms with van der Waals surface area (Å²) in [6.45, 7) is 2.21. The Morgan fingerprint density at radius 2 is 0.786 bits per heavy atom. The Labute approximate surface area is 168 Å². The van der Waals surface area contributed by atoms with Crippen LogP contribution in [0.15, 0.2) is 24.3 Å². The van der Waals surface area contributed by atoms with Crippen LogP contribution in [0.25, 0.3) is 11.1 Å². The summed E-state index contributed by atoms with van der Waals surface area (Å²) in [5, 5.41) is 0. The van der Waals surface area contributed by atoms with E-state index in [1.165, 1.54) is 11.1 Å². The summed E-state index contributed by atoms with van der Waals surface area (Å²) in [5.74, 6) is 1.65. The topological polar surface area (TPSA) is 123 Å². The third-order valence-electron chi connectivity index (χ3n) is 4.93. The van der Waals surface area contributed by atoms with Crippen LogP contribution < -0.4 is 32.4 Å². The Balaban J connectivity index is 2.86. The molecule has 6 heteroatoms. The minimum Gasteiger partial charge on any atom is -0.497 e. The largest absolute Gasteiger partial charge is 0.497 e. The van der Waals surface area contributed by atoms with Crippen molar-refractivity contribution in [2.75, 3.05) is 40.4 Å². The summed E-state index contributed by atoms with van der Waals surface area (Å²) in [7, 11) is 3.36. The van der Waals surface area contributed by atoms with Gasteiger partial charge >= 0.3 is 0 Å². The van der Waals surface area contributed by atoms with E-state index in [1.807, 2.05) is 0 Å². The minimum atomic E-state index is 0.552. The van der Waals surface area contributed by atoms with Crippen molar-refractivity contribution in [3.63, 3.8) is 0 Å². The summed E-state index contributed by atoms with van der Waals surface area (Å²) in [6.07, 6.45) is 3.00. The Morgan fingerprint density at radius 1 is 0.536 bits per heavy atom. The molecular formula is C22H34N4O2. The van der Waals surface area contributed by atoms with Gasteiger partial charge in [0.05, 0.1) is 14.2 Å². The molecule has 0 heterocycles. The summed E-state index contributed by atoms with van der Waals surface area (Å²) >= 11 is 0. The Bertz CT molecular complexity index is 658. The second-order valence-electron chi connectivity index (χ2n) is 6.80. The number of methoxy groups -OCH3 is 2. The number of hydrogen-bond donors (Lipinski definition) is 4. The molecule has 0 spiro atoms. The third kappa shape index (κ3) is 5.02. The molecule has 0 aromatic heterocycles. The zero-order chi connectivity index (χ0) is 20.5. The van der Waals surface area contributed by atoms with Crippen molar-refractivity contribution in [2.45, 2.75) is 25.7 Å². The molecule has 0 bridgehead atoms. The van der Waals surface area contributed by atoms with Crippen molar-refractivity contribution in [2.24, 2.45) is 22.9 Å². The monoisotopic (exact) mass is 386 g/mol. The first kappa shape index (κ1) is 22.2. The van der Waals surface area contributed by atoms with Gasteiger partial charge in [-0.15, -0.1) is 0 Å². The fourth-order valence-electron chi connectivity index (χ4n) is 3.76. The fourth-order valence-corrected chi connectivity index (χ4v) is 3.76.